The number of carbonyl (C=O) groups is 1. The van der Waals surface area contributed by atoms with Crippen LogP contribution in [0.1, 0.15) is 27.0 Å². The summed E-state index contributed by atoms with van der Waals surface area (Å²) in [5.41, 5.74) is 0.713. The molecule has 0 saturated carbocycles. The van der Waals surface area contributed by atoms with E-state index in [0.717, 1.165) is 10.8 Å². The maximum atomic E-state index is 13.4. The van der Waals surface area contributed by atoms with Crippen LogP contribution in [0.4, 0.5) is 18.9 Å². The monoisotopic (exact) mass is 397 g/mol. The van der Waals surface area contributed by atoms with Crippen molar-refractivity contribution >= 4 is 17.3 Å². The van der Waals surface area contributed by atoms with Gasteiger partial charge in [0.05, 0.1) is 27.9 Å². The molecule has 3 aromatic rings. The highest BCUT2D eigenvalue weighted by Crippen LogP contribution is 2.37. The highest BCUT2D eigenvalue weighted by Gasteiger charge is 2.35. The molecule has 1 aromatic heterocycles. The van der Waals surface area contributed by atoms with Crippen molar-refractivity contribution in [1.29, 1.82) is 0 Å². The Kier molecular flexibility index (Phi) is 4.54. The Morgan fingerprint density at radius 3 is 2.48 bits per heavy atom. The molecule has 1 aliphatic rings. The fourth-order valence-electron chi connectivity index (χ4n) is 3.19. The number of hydrogen-bond acceptors (Lipinski definition) is 3. The van der Waals surface area contributed by atoms with E-state index < -0.39 is 17.6 Å². The molecule has 29 heavy (non-hydrogen) atoms. The molecule has 4 rings (SSSR count). The van der Waals surface area contributed by atoms with Crippen molar-refractivity contribution < 1.29 is 23.2 Å². The number of fused-ring (bicyclic) bond motifs is 1. The second-order valence-corrected chi connectivity index (χ2v) is 6.45. The van der Waals surface area contributed by atoms with Gasteiger partial charge >= 0.3 is 6.18 Å². The minimum absolute atomic E-state index is 0.00194. The van der Waals surface area contributed by atoms with Crippen molar-refractivity contribution in [1.82, 2.24) is 4.73 Å². The number of alkyl halides is 3. The van der Waals surface area contributed by atoms with Gasteiger partial charge in [-0.15, -0.1) is 0 Å². The lowest BCUT2D eigenvalue weighted by Crippen LogP contribution is -2.13. The van der Waals surface area contributed by atoms with E-state index in [1.54, 1.807) is 18.2 Å². The van der Waals surface area contributed by atoms with E-state index in [1.807, 2.05) is 0 Å². The van der Waals surface area contributed by atoms with Gasteiger partial charge in [0.1, 0.15) is 0 Å². The summed E-state index contributed by atoms with van der Waals surface area (Å²) < 4.78 is 40.9. The predicted octanol–water partition coefficient (Wildman–Crippen LogP) is 4.16. The second-order valence-electron chi connectivity index (χ2n) is 6.45. The molecule has 0 atom stereocenters. The summed E-state index contributed by atoms with van der Waals surface area (Å²) in [6, 6.07) is 13.1. The number of aliphatic imine (C=N–C) groups is 1. The number of halogens is 3. The van der Waals surface area contributed by atoms with Gasteiger partial charge in [-0.2, -0.15) is 13.2 Å². The molecular weight excluding hydrogens is 383 g/mol. The molecule has 8 heteroatoms. The maximum absolute atomic E-state index is 13.4. The number of aromatic nitrogens is 1. The third-order valence-corrected chi connectivity index (χ3v) is 4.52. The average molecular weight is 397 g/mol. The van der Waals surface area contributed by atoms with Crippen molar-refractivity contribution in [3.63, 3.8) is 0 Å². The quantitative estimate of drug-likeness (QED) is 0.660. The Labute approximate surface area is 163 Å². The van der Waals surface area contributed by atoms with Crippen LogP contribution in [0.25, 0.3) is 0 Å². The van der Waals surface area contributed by atoms with Gasteiger partial charge in [0, 0.05) is 24.4 Å². The third-order valence-electron chi connectivity index (χ3n) is 4.52. The minimum Gasteiger partial charge on any atom is -0.429 e. The number of amides is 1. The molecule has 0 radical (unpaired) electrons. The van der Waals surface area contributed by atoms with Crippen molar-refractivity contribution in [2.75, 3.05) is 0 Å². The van der Waals surface area contributed by atoms with E-state index in [1.165, 1.54) is 42.7 Å². The minimum atomic E-state index is -4.50. The zero-order chi connectivity index (χ0) is 20.6. The van der Waals surface area contributed by atoms with Gasteiger partial charge in [0.2, 0.25) is 0 Å². The van der Waals surface area contributed by atoms with E-state index in [-0.39, 0.29) is 23.3 Å². The van der Waals surface area contributed by atoms with Gasteiger partial charge in [0.15, 0.2) is 0 Å². The molecule has 0 fully saturated rings. The lowest BCUT2D eigenvalue weighted by atomic mass is 9.98. The van der Waals surface area contributed by atoms with Crippen LogP contribution in [0.2, 0.25) is 0 Å². The van der Waals surface area contributed by atoms with Crippen LogP contribution in [0.15, 0.2) is 77.0 Å². The lowest BCUT2D eigenvalue weighted by molar-refractivity contribution is -0.137. The first-order chi connectivity index (χ1) is 13.8. The molecular formula is C21H14F3N3O2. The normalized spacial score (nSPS) is 13.0. The van der Waals surface area contributed by atoms with Crippen molar-refractivity contribution in [2.24, 2.45) is 9.98 Å². The van der Waals surface area contributed by atoms with Crippen LogP contribution in [0.5, 0.6) is 0 Å². The number of rotatable bonds is 2. The van der Waals surface area contributed by atoms with Gasteiger partial charge in [-0.25, -0.2) is 9.72 Å². The van der Waals surface area contributed by atoms with Gasteiger partial charge in [-0.3, -0.25) is 9.79 Å². The molecule has 1 amide bonds. The summed E-state index contributed by atoms with van der Waals surface area (Å²) in [5.74, 6) is -0.563. The number of nitrogens with zero attached hydrogens (tertiary/aromatic N) is 3. The number of pyridine rings is 1. The van der Waals surface area contributed by atoms with E-state index in [9.17, 15) is 23.2 Å². The van der Waals surface area contributed by atoms with Crippen LogP contribution in [0.3, 0.4) is 0 Å². The standard InChI is InChI=1S/C21H14F3N3O2/c22-21(23,24)17-7-2-1-5-15(17)18-12-13-4-3-6-16(19(13)26-18)20(28)25-14-8-10-27(29)11-9-14/h1-11,29H,12H2. The zero-order valence-electron chi connectivity index (χ0n) is 14.9. The van der Waals surface area contributed by atoms with Gasteiger partial charge in [-0.05, 0) is 29.8 Å². The SMILES string of the molecule is O=C(N=c1ccn(O)cc1)c1cccc2c1N=C(c1ccccc1C(F)(F)F)C2. The largest absolute Gasteiger partial charge is 0.429 e. The van der Waals surface area contributed by atoms with Crippen molar-refractivity contribution in [3.8, 4) is 0 Å². The molecule has 2 heterocycles. The van der Waals surface area contributed by atoms with Crippen LogP contribution >= 0.6 is 0 Å². The molecule has 0 unspecified atom stereocenters. The first-order valence-electron chi connectivity index (χ1n) is 8.65. The smallest absolute Gasteiger partial charge is 0.417 e. The van der Waals surface area contributed by atoms with Crippen molar-refractivity contribution in [2.45, 2.75) is 12.6 Å². The van der Waals surface area contributed by atoms with Crippen LogP contribution < -0.4 is 5.36 Å². The second kappa shape index (κ2) is 7.05. The summed E-state index contributed by atoms with van der Waals surface area (Å²) >= 11 is 0. The van der Waals surface area contributed by atoms with E-state index >= 15 is 0 Å². The summed E-state index contributed by atoms with van der Waals surface area (Å²) in [6.45, 7) is 0. The molecule has 0 saturated heterocycles. The highest BCUT2D eigenvalue weighted by atomic mass is 19.4. The number of para-hydroxylation sites is 1. The number of hydrogen-bond donors (Lipinski definition) is 1. The first kappa shape index (κ1) is 18.7. The molecule has 0 spiro atoms. The average Bonchev–Trinajstić information content (AvgIpc) is 3.13. The van der Waals surface area contributed by atoms with E-state index in [2.05, 4.69) is 9.98 Å². The lowest BCUT2D eigenvalue weighted by Gasteiger charge is -2.12. The predicted molar refractivity (Wildman–Crippen MR) is 99.3 cm³/mol. The Morgan fingerprint density at radius 2 is 1.76 bits per heavy atom. The summed E-state index contributed by atoms with van der Waals surface area (Å²) in [7, 11) is 0. The number of benzene rings is 2. The van der Waals surface area contributed by atoms with Crippen molar-refractivity contribution in [3.05, 3.63) is 94.6 Å². The summed E-state index contributed by atoms with van der Waals surface area (Å²) in [5, 5.41) is 9.58. The van der Waals surface area contributed by atoms with E-state index in [4.69, 9.17) is 0 Å². The Hall–Kier alpha value is -3.68. The third kappa shape index (κ3) is 3.69. The van der Waals surface area contributed by atoms with Crippen LogP contribution in [0, 0.1) is 0 Å². The molecule has 0 bridgehead atoms. The van der Waals surface area contributed by atoms with E-state index in [0.29, 0.717) is 16.6 Å². The van der Waals surface area contributed by atoms with Gasteiger partial charge in [0.25, 0.3) is 5.91 Å². The molecule has 2 aromatic carbocycles. The van der Waals surface area contributed by atoms with Gasteiger partial charge in [-0.1, -0.05) is 30.3 Å². The highest BCUT2D eigenvalue weighted by molar-refractivity contribution is 6.11. The number of carbonyl (C=O) groups excluding carboxylic acids is 1. The Bertz CT molecular complexity index is 1190. The maximum Gasteiger partial charge on any atom is 0.417 e. The Morgan fingerprint density at radius 1 is 1.03 bits per heavy atom. The summed E-state index contributed by atoms with van der Waals surface area (Å²) in [6.07, 6.45) is -1.66. The fourth-order valence-corrected chi connectivity index (χ4v) is 3.19. The molecule has 146 valence electrons. The van der Waals surface area contributed by atoms with Crippen LogP contribution in [-0.4, -0.2) is 21.6 Å². The summed E-state index contributed by atoms with van der Waals surface area (Å²) in [4.78, 5) is 21.0. The van der Waals surface area contributed by atoms with Gasteiger partial charge < -0.3 is 5.21 Å². The Balaban J connectivity index is 1.76. The topological polar surface area (TPSA) is 67.0 Å². The van der Waals surface area contributed by atoms with Crippen LogP contribution in [-0.2, 0) is 12.6 Å². The zero-order valence-corrected chi connectivity index (χ0v) is 14.9. The fraction of sp³-hybridized carbons (Fsp3) is 0.0952. The molecule has 1 N–H and O–H groups in total. The molecule has 5 nitrogen and oxygen atoms in total. The molecule has 1 aliphatic heterocycles. The first-order valence-corrected chi connectivity index (χ1v) is 8.65. The molecule has 0 aliphatic carbocycles.